The van der Waals surface area contributed by atoms with Crippen LogP contribution in [0.3, 0.4) is 0 Å². The highest BCUT2D eigenvalue weighted by Crippen LogP contribution is 2.38. The van der Waals surface area contributed by atoms with E-state index in [1.54, 1.807) is 44.5 Å². The van der Waals surface area contributed by atoms with Crippen molar-refractivity contribution in [3.05, 3.63) is 51.4 Å². The van der Waals surface area contributed by atoms with Gasteiger partial charge in [0.25, 0.3) is 5.91 Å². The van der Waals surface area contributed by atoms with Crippen LogP contribution in [0.25, 0.3) is 6.08 Å². The molecule has 29 heavy (non-hydrogen) atoms. The molecule has 0 spiro atoms. The summed E-state index contributed by atoms with van der Waals surface area (Å²) in [7, 11) is 3.22. The Morgan fingerprint density at radius 3 is 2.69 bits per heavy atom. The fraction of sp³-hybridized carbons (Fsp3) is 0.200. The van der Waals surface area contributed by atoms with E-state index in [4.69, 9.17) is 42.8 Å². The van der Waals surface area contributed by atoms with Crippen LogP contribution in [0.15, 0.2) is 35.2 Å². The monoisotopic (exact) mass is 449 g/mol. The van der Waals surface area contributed by atoms with E-state index in [2.05, 4.69) is 0 Å². The lowest BCUT2D eigenvalue weighted by Gasteiger charge is -2.13. The molecule has 0 atom stereocenters. The zero-order valence-electron chi connectivity index (χ0n) is 15.6. The first-order chi connectivity index (χ1) is 14.0. The molecule has 0 N–H and O–H groups in total. The van der Waals surface area contributed by atoms with Gasteiger partial charge < -0.3 is 18.9 Å². The van der Waals surface area contributed by atoms with Gasteiger partial charge in [0.1, 0.15) is 10.9 Å². The van der Waals surface area contributed by atoms with E-state index in [0.717, 1.165) is 11.1 Å². The number of hydrogen-bond donors (Lipinski definition) is 0. The largest absolute Gasteiger partial charge is 0.493 e. The molecule has 0 unspecified atom stereocenters. The van der Waals surface area contributed by atoms with E-state index in [-0.39, 0.29) is 19.3 Å². The molecule has 2 aromatic rings. The fourth-order valence-corrected chi connectivity index (χ4v) is 4.20. The van der Waals surface area contributed by atoms with Crippen molar-refractivity contribution in [2.45, 2.75) is 6.61 Å². The number of likely N-dealkylation sites (N-methyl/N-ethyl adjacent to an activating group) is 1. The summed E-state index contributed by atoms with van der Waals surface area (Å²) in [5.74, 6) is 2.25. The van der Waals surface area contributed by atoms with Gasteiger partial charge in [-0.3, -0.25) is 9.69 Å². The molecule has 9 heteroatoms. The molecule has 4 rings (SSSR count). The average Bonchev–Trinajstić information content (AvgIpc) is 3.26. The molecule has 150 valence electrons. The number of rotatable bonds is 5. The quantitative estimate of drug-likeness (QED) is 0.492. The van der Waals surface area contributed by atoms with E-state index in [9.17, 15) is 4.79 Å². The molecule has 0 aliphatic carbocycles. The molecule has 1 amide bonds. The first-order valence-corrected chi connectivity index (χ1v) is 10.2. The van der Waals surface area contributed by atoms with E-state index < -0.39 is 0 Å². The highest BCUT2D eigenvalue weighted by molar-refractivity contribution is 8.26. The van der Waals surface area contributed by atoms with Crippen LogP contribution in [0.4, 0.5) is 0 Å². The van der Waals surface area contributed by atoms with Crippen LogP contribution in [-0.2, 0) is 11.4 Å². The van der Waals surface area contributed by atoms with Gasteiger partial charge >= 0.3 is 0 Å². The first-order valence-electron chi connectivity index (χ1n) is 8.56. The topological polar surface area (TPSA) is 57.2 Å². The van der Waals surface area contributed by atoms with Crippen molar-refractivity contribution in [2.24, 2.45) is 0 Å². The number of carbonyl (C=O) groups excluding carboxylic acids is 1. The van der Waals surface area contributed by atoms with Crippen molar-refractivity contribution in [3.63, 3.8) is 0 Å². The summed E-state index contributed by atoms with van der Waals surface area (Å²) < 4.78 is 22.6. The van der Waals surface area contributed by atoms with Crippen molar-refractivity contribution < 1.29 is 23.7 Å². The summed E-state index contributed by atoms with van der Waals surface area (Å²) in [5, 5.41) is 0.534. The maximum Gasteiger partial charge on any atom is 0.265 e. The summed E-state index contributed by atoms with van der Waals surface area (Å²) in [6, 6.07) is 8.96. The number of halogens is 1. The van der Waals surface area contributed by atoms with E-state index >= 15 is 0 Å². The van der Waals surface area contributed by atoms with Gasteiger partial charge in [-0.2, -0.15) is 0 Å². The Morgan fingerprint density at radius 2 is 2.00 bits per heavy atom. The van der Waals surface area contributed by atoms with Crippen LogP contribution in [0.5, 0.6) is 23.0 Å². The second-order valence-electron chi connectivity index (χ2n) is 6.24. The van der Waals surface area contributed by atoms with Gasteiger partial charge in [-0.15, -0.1) is 0 Å². The molecule has 0 aromatic heterocycles. The predicted octanol–water partition coefficient (Wildman–Crippen LogP) is 4.49. The molecule has 2 aliphatic rings. The molecule has 1 saturated heterocycles. The molecule has 0 radical (unpaired) electrons. The number of methoxy groups -OCH3 is 1. The highest BCUT2D eigenvalue weighted by atomic mass is 35.5. The number of thiocarbonyl (C=S) groups is 1. The normalized spacial score (nSPS) is 16.7. The third-order valence-electron chi connectivity index (χ3n) is 4.40. The maximum atomic E-state index is 12.2. The van der Waals surface area contributed by atoms with Gasteiger partial charge in [-0.25, -0.2) is 0 Å². The van der Waals surface area contributed by atoms with E-state index in [0.29, 0.717) is 37.2 Å². The van der Waals surface area contributed by atoms with Gasteiger partial charge in [0.05, 0.1) is 17.0 Å². The SMILES string of the molecule is COc1cc(C=C2SC(=S)N(C)C2=O)ccc1OCc1cc2c(cc1Cl)OCO2. The maximum absolute atomic E-state index is 12.2. The smallest absolute Gasteiger partial charge is 0.265 e. The minimum absolute atomic E-state index is 0.114. The molecular formula is C20H16ClNO5S2. The van der Waals surface area contributed by atoms with Crippen LogP contribution >= 0.6 is 35.6 Å². The van der Waals surface area contributed by atoms with Crippen molar-refractivity contribution in [2.75, 3.05) is 21.0 Å². The Morgan fingerprint density at radius 1 is 1.24 bits per heavy atom. The van der Waals surface area contributed by atoms with Crippen molar-refractivity contribution in [1.82, 2.24) is 4.90 Å². The van der Waals surface area contributed by atoms with Crippen molar-refractivity contribution >= 4 is 51.9 Å². The molecule has 0 bridgehead atoms. The number of benzene rings is 2. The van der Waals surface area contributed by atoms with Crippen molar-refractivity contribution in [1.29, 1.82) is 0 Å². The Kier molecular flexibility index (Phi) is 5.58. The summed E-state index contributed by atoms with van der Waals surface area (Å²) in [6.07, 6.45) is 1.78. The Bertz CT molecular complexity index is 1040. The lowest BCUT2D eigenvalue weighted by atomic mass is 10.1. The average molecular weight is 450 g/mol. The number of hydrogen-bond acceptors (Lipinski definition) is 7. The van der Waals surface area contributed by atoms with Gasteiger partial charge in [0, 0.05) is 18.7 Å². The van der Waals surface area contributed by atoms with Crippen LogP contribution < -0.4 is 18.9 Å². The number of amides is 1. The number of ether oxygens (including phenoxy) is 4. The van der Waals surface area contributed by atoms with Crippen LogP contribution in [0, 0.1) is 0 Å². The van der Waals surface area contributed by atoms with Gasteiger partial charge in [-0.05, 0) is 29.8 Å². The number of thioether (sulfide) groups is 1. The summed E-state index contributed by atoms with van der Waals surface area (Å²) >= 11 is 12.7. The van der Waals surface area contributed by atoms with E-state index in [1.165, 1.54) is 16.7 Å². The van der Waals surface area contributed by atoms with Crippen LogP contribution in [0.2, 0.25) is 5.02 Å². The zero-order valence-corrected chi connectivity index (χ0v) is 18.0. The summed E-state index contributed by atoms with van der Waals surface area (Å²) in [6.45, 7) is 0.418. The van der Waals surface area contributed by atoms with Crippen LogP contribution in [-0.4, -0.2) is 36.1 Å². The molecular weight excluding hydrogens is 434 g/mol. The lowest BCUT2D eigenvalue weighted by Crippen LogP contribution is -2.22. The lowest BCUT2D eigenvalue weighted by molar-refractivity contribution is -0.121. The third kappa shape index (κ3) is 4.01. The Balaban J connectivity index is 1.52. The molecule has 2 aromatic carbocycles. The minimum Gasteiger partial charge on any atom is -0.493 e. The molecule has 1 fully saturated rings. The predicted molar refractivity (Wildman–Crippen MR) is 116 cm³/mol. The van der Waals surface area contributed by atoms with Crippen LogP contribution in [0.1, 0.15) is 11.1 Å². The highest BCUT2D eigenvalue weighted by Gasteiger charge is 2.28. The van der Waals surface area contributed by atoms with Gasteiger partial charge in [0.15, 0.2) is 23.0 Å². The Labute approximate surface area is 182 Å². The van der Waals surface area contributed by atoms with Gasteiger partial charge in [-0.1, -0.05) is 41.6 Å². The standard InChI is InChI=1S/C20H16ClNO5S2/c1-22-19(23)18(29-20(22)28)6-11-3-4-14(15(5-11)24-2)25-9-12-7-16-17(8-13(12)21)27-10-26-16/h3-8H,9-10H2,1-2H3. The summed E-state index contributed by atoms with van der Waals surface area (Å²) in [4.78, 5) is 14.2. The van der Waals surface area contributed by atoms with Crippen molar-refractivity contribution in [3.8, 4) is 23.0 Å². The number of carbonyl (C=O) groups is 1. The zero-order chi connectivity index (χ0) is 20.5. The summed E-state index contributed by atoms with van der Waals surface area (Å²) in [5.41, 5.74) is 1.58. The minimum atomic E-state index is -0.114. The van der Waals surface area contributed by atoms with Gasteiger partial charge in [0.2, 0.25) is 6.79 Å². The second-order valence-corrected chi connectivity index (χ2v) is 8.32. The third-order valence-corrected chi connectivity index (χ3v) is 6.23. The fourth-order valence-electron chi connectivity index (χ4n) is 2.82. The van der Waals surface area contributed by atoms with E-state index in [1.807, 2.05) is 6.07 Å². The molecule has 0 saturated carbocycles. The number of fused-ring (bicyclic) bond motifs is 1. The Hall–Kier alpha value is -2.42. The number of nitrogens with zero attached hydrogens (tertiary/aromatic N) is 1. The first kappa shape index (κ1) is 19.9. The second kappa shape index (κ2) is 8.14. The molecule has 2 aliphatic heterocycles. The molecule has 6 nitrogen and oxygen atoms in total. The molecule has 2 heterocycles.